The van der Waals surface area contributed by atoms with Crippen molar-refractivity contribution in [2.75, 3.05) is 18.6 Å². The van der Waals surface area contributed by atoms with E-state index in [0.717, 1.165) is 36.3 Å². The molecule has 0 saturated heterocycles. The van der Waals surface area contributed by atoms with Crippen LogP contribution in [0.4, 0.5) is 10.1 Å². The van der Waals surface area contributed by atoms with Crippen LogP contribution < -0.4 is 4.90 Å². The maximum Gasteiger partial charge on any atom is 0.337 e. The van der Waals surface area contributed by atoms with Crippen LogP contribution in [0.1, 0.15) is 42.8 Å². The largest absolute Gasteiger partial charge is 0.464 e. The third kappa shape index (κ3) is 3.80. The zero-order valence-electron chi connectivity index (χ0n) is 20.5. The second-order valence-electron chi connectivity index (χ2n) is 9.42. The highest BCUT2D eigenvalue weighted by molar-refractivity contribution is 6.35. The predicted molar refractivity (Wildman–Crippen MR) is 137 cm³/mol. The number of fused-ring (bicyclic) bond motifs is 3. The average molecular weight is 522 g/mol. The molecule has 0 bridgehead atoms. The van der Waals surface area contributed by atoms with Crippen LogP contribution in [0.2, 0.25) is 5.02 Å². The number of carbonyl (C=O) groups is 2. The molecule has 0 spiro atoms. The number of nitrogens with zero attached hydrogens (tertiary/aromatic N) is 5. The number of halogens is 2. The Morgan fingerprint density at radius 3 is 2.89 bits per heavy atom. The van der Waals surface area contributed by atoms with Crippen LogP contribution in [0.15, 0.2) is 36.8 Å². The van der Waals surface area contributed by atoms with E-state index in [-0.39, 0.29) is 18.0 Å². The van der Waals surface area contributed by atoms with Crippen LogP contribution in [0.25, 0.3) is 22.0 Å². The van der Waals surface area contributed by atoms with Gasteiger partial charge in [-0.1, -0.05) is 17.7 Å². The molecule has 1 amide bonds. The zero-order chi connectivity index (χ0) is 25.8. The van der Waals surface area contributed by atoms with Gasteiger partial charge in [0, 0.05) is 48.5 Å². The van der Waals surface area contributed by atoms with E-state index in [1.165, 1.54) is 4.68 Å². The monoisotopic (exact) mass is 521 g/mol. The fourth-order valence-electron chi connectivity index (χ4n) is 5.39. The van der Waals surface area contributed by atoms with E-state index in [1.807, 2.05) is 16.7 Å². The summed E-state index contributed by atoms with van der Waals surface area (Å²) in [7, 11) is 1.74. The standard InChI is InChI=1S/C27H25ClFN5O3/c1-3-37-27(36)26(25-21-5-4-10-33(21)14-30-25)34-13-18-19(28)12-17(23(29)24(18)31-34)15-6-8-20-16(11-15)7-9-22(35)32(20)2/h6,8,11-14,26H,3-5,7,9-10H2,1-2H3. The molecule has 2 aromatic carbocycles. The first-order valence-corrected chi connectivity index (χ1v) is 12.7. The van der Waals surface area contributed by atoms with Crippen molar-refractivity contribution in [3.8, 4) is 11.1 Å². The molecule has 8 nitrogen and oxygen atoms in total. The van der Waals surface area contributed by atoms with Crippen molar-refractivity contribution < 1.29 is 18.7 Å². The molecule has 1 unspecified atom stereocenters. The van der Waals surface area contributed by atoms with Crippen molar-refractivity contribution in [3.05, 3.63) is 64.6 Å². The van der Waals surface area contributed by atoms with Crippen LogP contribution in [0.5, 0.6) is 0 Å². The maximum absolute atomic E-state index is 16.0. The Balaban J connectivity index is 1.46. The summed E-state index contributed by atoms with van der Waals surface area (Å²) in [5.41, 5.74) is 4.33. The van der Waals surface area contributed by atoms with Gasteiger partial charge in [-0.2, -0.15) is 5.10 Å². The molecule has 0 saturated carbocycles. The number of carbonyl (C=O) groups excluding carboxylic acids is 2. The molecule has 0 aliphatic carbocycles. The molecular formula is C27H25ClFN5O3. The highest BCUT2D eigenvalue weighted by Gasteiger charge is 2.33. The molecule has 4 heterocycles. The number of rotatable bonds is 5. The van der Waals surface area contributed by atoms with Crippen LogP contribution in [0.3, 0.4) is 0 Å². The quantitative estimate of drug-likeness (QED) is 0.356. The smallest absolute Gasteiger partial charge is 0.337 e. The number of hydrogen-bond donors (Lipinski definition) is 0. The van der Waals surface area contributed by atoms with E-state index in [2.05, 4.69) is 10.1 Å². The molecule has 0 radical (unpaired) electrons. The molecule has 1 atom stereocenters. The maximum atomic E-state index is 16.0. The Labute approximate surface area is 217 Å². The van der Waals surface area contributed by atoms with Gasteiger partial charge in [-0.15, -0.1) is 0 Å². The summed E-state index contributed by atoms with van der Waals surface area (Å²) in [5.74, 6) is -0.981. The Morgan fingerprint density at radius 1 is 1.24 bits per heavy atom. The van der Waals surface area contributed by atoms with Crippen molar-refractivity contribution in [3.63, 3.8) is 0 Å². The van der Waals surface area contributed by atoms with Gasteiger partial charge in [0.1, 0.15) is 5.52 Å². The molecule has 4 aromatic rings. The first-order chi connectivity index (χ1) is 17.9. The van der Waals surface area contributed by atoms with Gasteiger partial charge in [0.2, 0.25) is 5.91 Å². The van der Waals surface area contributed by atoms with Gasteiger partial charge in [0.15, 0.2) is 11.9 Å². The van der Waals surface area contributed by atoms with E-state index in [4.69, 9.17) is 16.3 Å². The number of benzene rings is 2. The molecule has 2 aromatic heterocycles. The van der Waals surface area contributed by atoms with E-state index in [0.29, 0.717) is 40.1 Å². The van der Waals surface area contributed by atoms with Crippen LogP contribution >= 0.6 is 11.6 Å². The van der Waals surface area contributed by atoms with Crippen LogP contribution in [0, 0.1) is 5.82 Å². The molecular weight excluding hydrogens is 497 g/mol. The van der Waals surface area contributed by atoms with E-state index < -0.39 is 17.8 Å². The molecule has 2 aliphatic rings. The fraction of sp³-hybridized carbons (Fsp3) is 0.333. The molecule has 2 aliphatic heterocycles. The van der Waals surface area contributed by atoms with Gasteiger partial charge in [-0.05, 0) is 55.5 Å². The van der Waals surface area contributed by atoms with Gasteiger partial charge < -0.3 is 14.2 Å². The molecule has 6 rings (SSSR count). The minimum Gasteiger partial charge on any atom is -0.464 e. The summed E-state index contributed by atoms with van der Waals surface area (Å²) in [6.07, 6.45) is 6.07. The second kappa shape index (κ2) is 8.99. The summed E-state index contributed by atoms with van der Waals surface area (Å²) in [6, 6.07) is 6.14. The fourth-order valence-corrected chi connectivity index (χ4v) is 5.64. The highest BCUT2D eigenvalue weighted by Crippen LogP contribution is 2.38. The third-order valence-corrected chi connectivity index (χ3v) is 7.58. The molecule has 0 N–H and O–H groups in total. The van der Waals surface area contributed by atoms with Gasteiger partial charge in [0.25, 0.3) is 0 Å². The van der Waals surface area contributed by atoms with E-state index >= 15 is 4.39 Å². The lowest BCUT2D eigenvalue weighted by Crippen LogP contribution is -2.30. The Morgan fingerprint density at radius 2 is 2.08 bits per heavy atom. The summed E-state index contributed by atoms with van der Waals surface area (Å²) in [4.78, 5) is 31.2. The van der Waals surface area contributed by atoms with E-state index in [1.54, 1.807) is 43.5 Å². The molecule has 37 heavy (non-hydrogen) atoms. The number of esters is 1. The number of anilines is 1. The number of imidazole rings is 1. The van der Waals surface area contributed by atoms with Crippen molar-refractivity contribution in [1.29, 1.82) is 0 Å². The highest BCUT2D eigenvalue weighted by atomic mass is 35.5. The van der Waals surface area contributed by atoms with Gasteiger partial charge in [-0.3, -0.25) is 9.48 Å². The van der Waals surface area contributed by atoms with Crippen molar-refractivity contribution in [2.45, 2.75) is 45.2 Å². The number of amides is 1. The molecule has 10 heteroatoms. The average Bonchev–Trinajstić information content (AvgIpc) is 3.62. The van der Waals surface area contributed by atoms with Crippen LogP contribution in [-0.4, -0.2) is 44.9 Å². The first-order valence-electron chi connectivity index (χ1n) is 12.3. The SMILES string of the molecule is CCOC(=O)C(c1ncn2c1CCC2)n1cc2c(Cl)cc(-c3ccc4c(c3)CCC(=O)N4C)c(F)c2n1. The number of ether oxygens (including phenoxy) is 1. The second-order valence-corrected chi connectivity index (χ2v) is 9.82. The predicted octanol–water partition coefficient (Wildman–Crippen LogP) is 4.70. The Hall–Kier alpha value is -3.72. The lowest BCUT2D eigenvalue weighted by atomic mass is 9.95. The normalized spacial score (nSPS) is 15.7. The summed E-state index contributed by atoms with van der Waals surface area (Å²) in [6.45, 7) is 2.78. The zero-order valence-corrected chi connectivity index (χ0v) is 21.3. The van der Waals surface area contributed by atoms with Gasteiger partial charge >= 0.3 is 5.97 Å². The number of hydrogen-bond acceptors (Lipinski definition) is 5. The van der Waals surface area contributed by atoms with Crippen molar-refractivity contribution >= 4 is 40.1 Å². The van der Waals surface area contributed by atoms with Gasteiger partial charge in [-0.25, -0.2) is 14.2 Å². The summed E-state index contributed by atoms with van der Waals surface area (Å²) in [5, 5.41) is 5.23. The minimum atomic E-state index is -0.947. The number of aromatic nitrogens is 4. The topological polar surface area (TPSA) is 82.2 Å². The molecule has 190 valence electrons. The Kier molecular flexibility index (Phi) is 5.75. The van der Waals surface area contributed by atoms with E-state index in [9.17, 15) is 9.59 Å². The minimum absolute atomic E-state index is 0.0564. The van der Waals surface area contributed by atoms with Crippen molar-refractivity contribution in [2.24, 2.45) is 0 Å². The first kappa shape index (κ1) is 23.7. The summed E-state index contributed by atoms with van der Waals surface area (Å²) < 4.78 is 24.8. The van der Waals surface area contributed by atoms with Crippen LogP contribution in [-0.2, 0) is 33.7 Å². The summed E-state index contributed by atoms with van der Waals surface area (Å²) >= 11 is 6.64. The van der Waals surface area contributed by atoms with Gasteiger partial charge in [0.05, 0.1) is 23.7 Å². The van der Waals surface area contributed by atoms with Crippen molar-refractivity contribution in [1.82, 2.24) is 19.3 Å². The lowest BCUT2D eigenvalue weighted by Gasteiger charge is -2.26. The Bertz CT molecular complexity index is 1580. The lowest BCUT2D eigenvalue weighted by molar-refractivity contribution is -0.146. The molecule has 0 fully saturated rings. The number of aryl methyl sites for hydroxylation is 2. The third-order valence-electron chi connectivity index (χ3n) is 7.26.